The number of hydrogen-bond donors (Lipinski definition) is 1. The van der Waals surface area contributed by atoms with E-state index in [0.29, 0.717) is 0 Å². The van der Waals surface area contributed by atoms with Crippen molar-refractivity contribution in [2.45, 2.75) is 20.4 Å². The molecule has 0 saturated heterocycles. The zero-order chi connectivity index (χ0) is 13.1. The van der Waals surface area contributed by atoms with Gasteiger partial charge < -0.3 is 10.6 Å². The minimum absolute atomic E-state index is 0.739. The van der Waals surface area contributed by atoms with Crippen LogP contribution in [0.4, 0.5) is 11.5 Å². The van der Waals surface area contributed by atoms with E-state index in [4.69, 9.17) is 5.73 Å². The van der Waals surface area contributed by atoms with Gasteiger partial charge in [-0.1, -0.05) is 18.2 Å². The zero-order valence-corrected chi connectivity index (χ0v) is 11.0. The number of rotatable bonds is 3. The molecule has 0 spiro atoms. The maximum Gasteiger partial charge on any atom is 0.132 e. The van der Waals surface area contributed by atoms with Gasteiger partial charge in [0.25, 0.3) is 0 Å². The summed E-state index contributed by atoms with van der Waals surface area (Å²) in [5.74, 6) is 1.71. The number of hydrogen-bond acceptors (Lipinski definition) is 4. The van der Waals surface area contributed by atoms with Crippen molar-refractivity contribution in [1.29, 1.82) is 0 Å². The van der Waals surface area contributed by atoms with Crippen molar-refractivity contribution in [2.75, 3.05) is 17.7 Å². The Bertz CT molecular complexity index is 531. The van der Waals surface area contributed by atoms with Gasteiger partial charge in [0, 0.05) is 31.0 Å². The highest BCUT2D eigenvalue weighted by molar-refractivity contribution is 5.49. The van der Waals surface area contributed by atoms with Gasteiger partial charge in [-0.25, -0.2) is 9.97 Å². The highest BCUT2D eigenvalue weighted by Gasteiger charge is 2.07. The molecule has 0 unspecified atom stereocenters. The molecule has 0 amide bonds. The van der Waals surface area contributed by atoms with Gasteiger partial charge in [0.1, 0.15) is 11.6 Å². The highest BCUT2D eigenvalue weighted by atomic mass is 15.2. The molecule has 1 aromatic carbocycles. The van der Waals surface area contributed by atoms with E-state index in [1.165, 1.54) is 0 Å². The lowest BCUT2D eigenvalue weighted by atomic mass is 10.2. The zero-order valence-electron chi connectivity index (χ0n) is 11.0. The van der Waals surface area contributed by atoms with Gasteiger partial charge in [-0.2, -0.15) is 0 Å². The normalized spacial score (nSPS) is 10.4. The summed E-state index contributed by atoms with van der Waals surface area (Å²) in [5, 5.41) is 0. The molecule has 4 heteroatoms. The lowest BCUT2D eigenvalue weighted by Gasteiger charge is -2.19. The predicted octanol–water partition coefficient (Wildman–Crippen LogP) is 2.31. The van der Waals surface area contributed by atoms with Gasteiger partial charge in [-0.3, -0.25) is 0 Å². The largest absolute Gasteiger partial charge is 0.398 e. The van der Waals surface area contributed by atoms with E-state index < -0.39 is 0 Å². The van der Waals surface area contributed by atoms with Crippen LogP contribution in [0.2, 0.25) is 0 Å². The van der Waals surface area contributed by atoms with Crippen molar-refractivity contribution >= 4 is 11.5 Å². The molecular formula is C14H18N4. The number of nitrogens with two attached hydrogens (primary N) is 1. The Morgan fingerprint density at radius 2 is 1.89 bits per heavy atom. The number of benzene rings is 1. The number of aromatic nitrogens is 2. The third kappa shape index (κ3) is 2.77. The number of nitrogens with zero attached hydrogens (tertiary/aromatic N) is 3. The number of nitrogen functional groups attached to an aromatic ring is 1. The molecule has 0 aliphatic rings. The minimum atomic E-state index is 0.739. The second-order valence-corrected chi connectivity index (χ2v) is 4.47. The van der Waals surface area contributed by atoms with Gasteiger partial charge in [0.05, 0.1) is 0 Å². The summed E-state index contributed by atoms with van der Waals surface area (Å²) in [4.78, 5) is 10.8. The molecule has 94 valence electrons. The van der Waals surface area contributed by atoms with Crippen molar-refractivity contribution in [3.63, 3.8) is 0 Å². The first-order chi connectivity index (χ1) is 8.56. The summed E-state index contributed by atoms with van der Waals surface area (Å²) in [6.45, 7) is 4.62. The molecule has 1 aromatic heterocycles. The van der Waals surface area contributed by atoms with Gasteiger partial charge in [-0.15, -0.1) is 0 Å². The van der Waals surface area contributed by atoms with Crippen LogP contribution in [-0.2, 0) is 6.54 Å². The topological polar surface area (TPSA) is 55.0 Å². The molecule has 2 rings (SSSR count). The Labute approximate surface area is 107 Å². The van der Waals surface area contributed by atoms with E-state index in [2.05, 4.69) is 14.9 Å². The van der Waals surface area contributed by atoms with Gasteiger partial charge in [-0.05, 0) is 25.5 Å². The van der Waals surface area contributed by atoms with Crippen LogP contribution in [-0.4, -0.2) is 17.0 Å². The fourth-order valence-electron chi connectivity index (χ4n) is 1.91. The first-order valence-corrected chi connectivity index (χ1v) is 5.93. The molecule has 2 N–H and O–H groups in total. The lowest BCUT2D eigenvalue weighted by molar-refractivity contribution is 0.874. The Morgan fingerprint density at radius 3 is 2.56 bits per heavy atom. The summed E-state index contributed by atoms with van der Waals surface area (Å²) in [5.41, 5.74) is 8.84. The summed E-state index contributed by atoms with van der Waals surface area (Å²) < 4.78 is 0. The Morgan fingerprint density at radius 1 is 1.17 bits per heavy atom. The fraction of sp³-hybridized carbons (Fsp3) is 0.286. The molecule has 0 atom stereocenters. The average molecular weight is 242 g/mol. The van der Waals surface area contributed by atoms with Crippen LogP contribution < -0.4 is 10.6 Å². The van der Waals surface area contributed by atoms with Crippen LogP contribution in [0.5, 0.6) is 0 Å². The molecule has 0 aliphatic heterocycles. The molecule has 0 bridgehead atoms. The highest BCUT2D eigenvalue weighted by Crippen LogP contribution is 2.17. The van der Waals surface area contributed by atoms with E-state index in [-0.39, 0.29) is 0 Å². The molecule has 2 aromatic rings. The lowest BCUT2D eigenvalue weighted by Crippen LogP contribution is -2.19. The molecular weight excluding hydrogens is 224 g/mol. The smallest absolute Gasteiger partial charge is 0.132 e. The predicted molar refractivity (Wildman–Crippen MR) is 74.5 cm³/mol. The van der Waals surface area contributed by atoms with Gasteiger partial charge in [0.15, 0.2) is 0 Å². The SMILES string of the molecule is Cc1cc(N(C)Cc2ccccc2N)nc(C)n1. The number of aryl methyl sites for hydroxylation is 2. The Hall–Kier alpha value is -2.10. The van der Waals surface area contributed by atoms with E-state index >= 15 is 0 Å². The van der Waals surface area contributed by atoms with E-state index in [0.717, 1.165) is 35.1 Å². The van der Waals surface area contributed by atoms with Crippen LogP contribution in [0.15, 0.2) is 30.3 Å². The van der Waals surface area contributed by atoms with Crippen molar-refractivity contribution in [3.05, 3.63) is 47.4 Å². The van der Waals surface area contributed by atoms with Crippen molar-refractivity contribution in [1.82, 2.24) is 9.97 Å². The van der Waals surface area contributed by atoms with Crippen molar-refractivity contribution in [2.24, 2.45) is 0 Å². The molecule has 0 saturated carbocycles. The van der Waals surface area contributed by atoms with E-state index in [1.807, 2.05) is 51.2 Å². The minimum Gasteiger partial charge on any atom is -0.398 e. The Kier molecular flexibility index (Phi) is 3.46. The maximum absolute atomic E-state index is 5.95. The standard InChI is InChI=1S/C14H18N4/c1-10-8-14(17-11(2)16-10)18(3)9-12-6-4-5-7-13(12)15/h4-8H,9,15H2,1-3H3. The molecule has 4 nitrogen and oxygen atoms in total. The maximum atomic E-state index is 5.95. The van der Waals surface area contributed by atoms with Gasteiger partial charge >= 0.3 is 0 Å². The van der Waals surface area contributed by atoms with E-state index in [1.54, 1.807) is 0 Å². The third-order valence-electron chi connectivity index (χ3n) is 2.81. The quantitative estimate of drug-likeness (QED) is 0.839. The van der Waals surface area contributed by atoms with Crippen LogP contribution in [0, 0.1) is 13.8 Å². The average Bonchev–Trinajstić information content (AvgIpc) is 2.31. The van der Waals surface area contributed by atoms with Gasteiger partial charge in [0.2, 0.25) is 0 Å². The summed E-state index contributed by atoms with van der Waals surface area (Å²) in [7, 11) is 2.01. The number of anilines is 2. The second kappa shape index (κ2) is 5.04. The summed E-state index contributed by atoms with van der Waals surface area (Å²) >= 11 is 0. The van der Waals surface area contributed by atoms with Crippen LogP contribution >= 0.6 is 0 Å². The monoisotopic (exact) mass is 242 g/mol. The molecule has 0 radical (unpaired) electrons. The number of para-hydroxylation sites is 1. The third-order valence-corrected chi connectivity index (χ3v) is 2.81. The van der Waals surface area contributed by atoms with E-state index in [9.17, 15) is 0 Å². The first-order valence-electron chi connectivity index (χ1n) is 5.93. The first kappa shape index (κ1) is 12.4. The van der Waals surface area contributed by atoms with Crippen molar-refractivity contribution < 1.29 is 0 Å². The fourth-order valence-corrected chi connectivity index (χ4v) is 1.91. The van der Waals surface area contributed by atoms with Crippen LogP contribution in [0.1, 0.15) is 17.1 Å². The van der Waals surface area contributed by atoms with Crippen LogP contribution in [0.25, 0.3) is 0 Å². The molecule has 18 heavy (non-hydrogen) atoms. The van der Waals surface area contributed by atoms with Crippen LogP contribution in [0.3, 0.4) is 0 Å². The molecule has 0 fully saturated rings. The van der Waals surface area contributed by atoms with Crippen molar-refractivity contribution in [3.8, 4) is 0 Å². The summed E-state index contributed by atoms with van der Waals surface area (Å²) in [6.07, 6.45) is 0. The molecule has 0 aliphatic carbocycles. The summed E-state index contributed by atoms with van der Waals surface area (Å²) in [6, 6.07) is 9.87. The second-order valence-electron chi connectivity index (χ2n) is 4.47. The molecule has 1 heterocycles. The Balaban J connectivity index is 2.22.